The van der Waals surface area contributed by atoms with Crippen LogP contribution < -0.4 is 15.4 Å². The number of nitrogens with two attached hydrogens (primary N) is 1. The van der Waals surface area contributed by atoms with Crippen LogP contribution in [0.2, 0.25) is 0 Å². The van der Waals surface area contributed by atoms with Crippen LogP contribution >= 0.6 is 0 Å². The van der Waals surface area contributed by atoms with E-state index in [1.54, 1.807) is 4.90 Å². The van der Waals surface area contributed by atoms with E-state index in [9.17, 15) is 4.79 Å². The van der Waals surface area contributed by atoms with E-state index >= 15 is 0 Å². The molecule has 2 aromatic carbocycles. The van der Waals surface area contributed by atoms with Crippen molar-refractivity contribution in [2.45, 2.75) is 25.4 Å². The fourth-order valence-corrected chi connectivity index (χ4v) is 3.21. The predicted octanol–water partition coefficient (Wildman–Crippen LogP) is 2.91. The summed E-state index contributed by atoms with van der Waals surface area (Å²) in [5, 5.41) is 0. The molecule has 1 saturated heterocycles. The van der Waals surface area contributed by atoms with Gasteiger partial charge in [-0.2, -0.15) is 0 Å². The second-order valence-electron chi connectivity index (χ2n) is 5.68. The highest BCUT2D eigenvalue weighted by Crippen LogP contribution is 2.48. The average Bonchev–Trinajstić information content (AvgIpc) is 2.70. The molecule has 2 aromatic rings. The minimum atomic E-state index is -0.450. The molecule has 0 spiro atoms. The number of rotatable bonds is 0. The Kier molecular flexibility index (Phi) is 2.56. The van der Waals surface area contributed by atoms with Gasteiger partial charge in [-0.15, -0.1) is 0 Å². The van der Waals surface area contributed by atoms with E-state index in [1.165, 1.54) is 0 Å². The second kappa shape index (κ2) is 4.33. The molecule has 1 amide bonds. The van der Waals surface area contributed by atoms with Crippen molar-refractivity contribution in [1.82, 2.24) is 0 Å². The van der Waals surface area contributed by atoms with Crippen LogP contribution in [0.5, 0.6) is 11.5 Å². The summed E-state index contributed by atoms with van der Waals surface area (Å²) in [7, 11) is 0. The van der Waals surface area contributed by atoms with Crippen molar-refractivity contribution < 1.29 is 9.53 Å². The lowest BCUT2D eigenvalue weighted by Gasteiger charge is -2.23. The summed E-state index contributed by atoms with van der Waals surface area (Å²) in [6, 6.07) is 13.2. The Morgan fingerprint density at radius 2 is 2.00 bits per heavy atom. The Balaban J connectivity index is 1.98. The van der Waals surface area contributed by atoms with Crippen molar-refractivity contribution in [2.75, 3.05) is 4.90 Å². The number of carbonyl (C=O) groups excluding carboxylic acids is 1. The molecule has 2 unspecified atom stereocenters. The number of aryl methyl sites for hydroxylation is 1. The van der Waals surface area contributed by atoms with Gasteiger partial charge in [0.25, 0.3) is 0 Å². The topological polar surface area (TPSA) is 55.6 Å². The van der Waals surface area contributed by atoms with Crippen LogP contribution in [0.3, 0.4) is 0 Å². The molecule has 2 aliphatic heterocycles. The van der Waals surface area contributed by atoms with E-state index in [0.717, 1.165) is 22.6 Å². The summed E-state index contributed by atoms with van der Waals surface area (Å²) in [6.07, 6.45) is 0.618. The average molecular weight is 280 g/mol. The van der Waals surface area contributed by atoms with Crippen molar-refractivity contribution >= 4 is 11.6 Å². The number of hydrogen-bond donors (Lipinski definition) is 1. The molecule has 0 aromatic heterocycles. The number of ether oxygens (including phenoxy) is 1. The number of fused-ring (bicyclic) bond motifs is 5. The van der Waals surface area contributed by atoms with E-state index in [-0.39, 0.29) is 11.9 Å². The van der Waals surface area contributed by atoms with Crippen LogP contribution in [0.1, 0.15) is 23.6 Å². The maximum Gasteiger partial charge on any atom is 0.244 e. The molecule has 4 heteroatoms. The van der Waals surface area contributed by atoms with Gasteiger partial charge in [-0.3, -0.25) is 9.69 Å². The number of anilines is 1. The minimum absolute atomic E-state index is 0.0367. The number of para-hydroxylation sites is 2. The van der Waals surface area contributed by atoms with Gasteiger partial charge in [0, 0.05) is 5.56 Å². The first kappa shape index (κ1) is 12.4. The Labute approximate surface area is 123 Å². The van der Waals surface area contributed by atoms with E-state index in [1.807, 2.05) is 43.3 Å². The third-order valence-electron chi connectivity index (χ3n) is 4.21. The van der Waals surface area contributed by atoms with Gasteiger partial charge in [0.15, 0.2) is 5.75 Å². The standard InChI is InChI=1S/C17H16N2O2/c1-10-6-7-15-11(8-10)14-9-12(18)17(20)19(14)13-4-2-3-5-16(13)21-15/h2-8,12,14H,9,18H2,1H3. The number of carbonyl (C=O) groups is 1. The monoisotopic (exact) mass is 280 g/mol. The van der Waals surface area contributed by atoms with Crippen LogP contribution in [-0.4, -0.2) is 11.9 Å². The van der Waals surface area contributed by atoms with E-state index in [4.69, 9.17) is 10.5 Å². The highest BCUT2D eigenvalue weighted by Gasteiger charge is 2.43. The second-order valence-corrected chi connectivity index (χ2v) is 5.68. The Bertz CT molecular complexity index is 741. The fraction of sp³-hybridized carbons (Fsp3) is 0.235. The lowest BCUT2D eigenvalue weighted by atomic mass is 10.0. The summed E-state index contributed by atoms with van der Waals surface area (Å²) in [6.45, 7) is 2.04. The van der Waals surface area contributed by atoms with Crippen molar-refractivity contribution in [3.8, 4) is 11.5 Å². The molecular weight excluding hydrogens is 264 g/mol. The summed E-state index contributed by atoms with van der Waals surface area (Å²) in [4.78, 5) is 14.3. The molecule has 2 aliphatic rings. The van der Waals surface area contributed by atoms with E-state index in [2.05, 4.69) is 6.07 Å². The molecule has 21 heavy (non-hydrogen) atoms. The molecule has 0 aliphatic carbocycles. The molecule has 106 valence electrons. The van der Waals surface area contributed by atoms with Crippen LogP contribution in [0.25, 0.3) is 0 Å². The molecular formula is C17H16N2O2. The van der Waals surface area contributed by atoms with Crippen molar-refractivity contribution in [1.29, 1.82) is 0 Å². The summed E-state index contributed by atoms with van der Waals surface area (Å²) in [5.41, 5.74) is 8.99. The molecule has 2 atom stereocenters. The van der Waals surface area contributed by atoms with Gasteiger partial charge in [0.05, 0.1) is 17.8 Å². The normalized spacial score (nSPS) is 23.0. The summed E-state index contributed by atoms with van der Waals surface area (Å²) in [5.74, 6) is 1.47. The molecule has 2 heterocycles. The Morgan fingerprint density at radius 1 is 1.19 bits per heavy atom. The lowest BCUT2D eigenvalue weighted by Crippen LogP contribution is -2.34. The molecule has 2 N–H and O–H groups in total. The zero-order valence-electron chi connectivity index (χ0n) is 11.7. The molecule has 4 nitrogen and oxygen atoms in total. The zero-order chi connectivity index (χ0) is 14.6. The predicted molar refractivity (Wildman–Crippen MR) is 80.5 cm³/mol. The third-order valence-corrected chi connectivity index (χ3v) is 4.21. The van der Waals surface area contributed by atoms with Gasteiger partial charge < -0.3 is 10.5 Å². The van der Waals surface area contributed by atoms with Gasteiger partial charge >= 0.3 is 0 Å². The number of amides is 1. The van der Waals surface area contributed by atoms with Crippen molar-refractivity contribution in [3.63, 3.8) is 0 Å². The lowest BCUT2D eigenvalue weighted by molar-refractivity contribution is -0.118. The van der Waals surface area contributed by atoms with E-state index < -0.39 is 6.04 Å². The SMILES string of the molecule is Cc1ccc2c(c1)C1CC(N)C(=O)N1c1ccccc1O2. The maximum atomic E-state index is 12.5. The molecule has 0 bridgehead atoms. The van der Waals surface area contributed by atoms with Gasteiger partial charge in [-0.05, 0) is 31.5 Å². The van der Waals surface area contributed by atoms with Crippen LogP contribution in [-0.2, 0) is 4.79 Å². The van der Waals surface area contributed by atoms with E-state index in [0.29, 0.717) is 12.2 Å². The van der Waals surface area contributed by atoms with Crippen molar-refractivity contribution in [2.24, 2.45) is 5.73 Å². The number of hydrogen-bond acceptors (Lipinski definition) is 3. The molecule has 0 radical (unpaired) electrons. The highest BCUT2D eigenvalue weighted by molar-refractivity contribution is 6.02. The fourth-order valence-electron chi connectivity index (χ4n) is 3.21. The maximum absolute atomic E-state index is 12.5. The molecule has 4 rings (SSSR count). The molecule has 0 saturated carbocycles. The Hall–Kier alpha value is -2.33. The van der Waals surface area contributed by atoms with Crippen molar-refractivity contribution in [3.05, 3.63) is 53.6 Å². The van der Waals surface area contributed by atoms with Gasteiger partial charge in [0.1, 0.15) is 5.75 Å². The largest absolute Gasteiger partial charge is 0.455 e. The smallest absolute Gasteiger partial charge is 0.244 e. The quantitative estimate of drug-likeness (QED) is 0.807. The first-order chi connectivity index (χ1) is 10.1. The molecule has 1 fully saturated rings. The highest BCUT2D eigenvalue weighted by atomic mass is 16.5. The van der Waals surface area contributed by atoms with Crippen LogP contribution in [0, 0.1) is 6.92 Å². The third kappa shape index (κ3) is 1.76. The zero-order valence-corrected chi connectivity index (χ0v) is 11.7. The number of benzene rings is 2. The van der Waals surface area contributed by atoms with Gasteiger partial charge in [-0.1, -0.05) is 29.8 Å². The summed E-state index contributed by atoms with van der Waals surface area (Å²) >= 11 is 0. The van der Waals surface area contributed by atoms with Crippen LogP contribution in [0.4, 0.5) is 5.69 Å². The summed E-state index contributed by atoms with van der Waals surface area (Å²) < 4.78 is 6.04. The van der Waals surface area contributed by atoms with Gasteiger partial charge in [-0.25, -0.2) is 0 Å². The Morgan fingerprint density at radius 3 is 2.86 bits per heavy atom. The first-order valence-corrected chi connectivity index (χ1v) is 7.11. The van der Waals surface area contributed by atoms with Gasteiger partial charge in [0.2, 0.25) is 5.91 Å². The van der Waals surface area contributed by atoms with Crippen LogP contribution in [0.15, 0.2) is 42.5 Å². The number of nitrogens with zero attached hydrogens (tertiary/aromatic N) is 1. The first-order valence-electron chi connectivity index (χ1n) is 7.11. The minimum Gasteiger partial charge on any atom is -0.455 e.